The average Bonchev–Trinajstić information content (AvgIpc) is 2.66. The summed E-state index contributed by atoms with van der Waals surface area (Å²) in [6.45, 7) is 2.77. The number of alkyl halides is 3. The zero-order valence-corrected chi connectivity index (χ0v) is 17.6. The number of halogens is 4. The van der Waals surface area contributed by atoms with Crippen LogP contribution in [-0.2, 0) is 16.0 Å². The van der Waals surface area contributed by atoms with Gasteiger partial charge in [0.05, 0.1) is 15.5 Å². The Kier molecular flexibility index (Phi) is 8.16. The molecule has 0 spiro atoms. The van der Waals surface area contributed by atoms with Crippen LogP contribution in [0, 0.1) is 0 Å². The Hall–Kier alpha value is -1.99. The molecule has 0 N–H and O–H groups in total. The maximum absolute atomic E-state index is 13.3. The van der Waals surface area contributed by atoms with Crippen molar-refractivity contribution in [3.63, 3.8) is 0 Å². The van der Waals surface area contributed by atoms with E-state index >= 15 is 0 Å². The molecule has 0 unspecified atom stereocenters. The van der Waals surface area contributed by atoms with Crippen LogP contribution in [0.25, 0.3) is 0 Å². The van der Waals surface area contributed by atoms with Gasteiger partial charge in [-0.05, 0) is 43.5 Å². The molecule has 0 radical (unpaired) electrons. The van der Waals surface area contributed by atoms with E-state index in [4.69, 9.17) is 11.6 Å². The van der Waals surface area contributed by atoms with Gasteiger partial charge in [0, 0.05) is 24.2 Å². The van der Waals surface area contributed by atoms with E-state index in [1.165, 1.54) is 30.3 Å². The van der Waals surface area contributed by atoms with Gasteiger partial charge in [0.2, 0.25) is 9.84 Å². The van der Waals surface area contributed by atoms with Gasteiger partial charge in [-0.25, -0.2) is 8.42 Å². The quantitative estimate of drug-likeness (QED) is 0.422. The molecule has 0 aliphatic carbocycles. The van der Waals surface area contributed by atoms with Crippen molar-refractivity contribution in [2.24, 2.45) is 0 Å². The minimum absolute atomic E-state index is 0.0321. The van der Waals surface area contributed by atoms with Gasteiger partial charge in [-0.1, -0.05) is 48.9 Å². The molecule has 0 heterocycles. The van der Waals surface area contributed by atoms with Gasteiger partial charge in [-0.2, -0.15) is 13.2 Å². The van der Waals surface area contributed by atoms with Crippen LogP contribution in [0.15, 0.2) is 64.9 Å². The van der Waals surface area contributed by atoms with Gasteiger partial charge in [-0.15, -0.1) is 0 Å². The van der Waals surface area contributed by atoms with E-state index in [1.807, 2.05) is 6.92 Å². The highest BCUT2D eigenvalue weighted by Crippen LogP contribution is 2.36. The number of para-hydroxylation sites is 1. The summed E-state index contributed by atoms with van der Waals surface area (Å²) in [5.74, 6) is 0. The fourth-order valence-corrected chi connectivity index (χ4v) is 4.56. The van der Waals surface area contributed by atoms with Crippen molar-refractivity contribution in [2.45, 2.75) is 37.3 Å². The summed E-state index contributed by atoms with van der Waals surface area (Å²) in [4.78, 5) is 1.73. The van der Waals surface area contributed by atoms with Crippen molar-refractivity contribution in [1.82, 2.24) is 0 Å². The highest BCUT2D eigenvalue weighted by Gasteiger charge is 2.34. The Balaban J connectivity index is 2.04. The topological polar surface area (TPSA) is 37.4 Å². The maximum Gasteiger partial charge on any atom is 0.418 e. The summed E-state index contributed by atoms with van der Waals surface area (Å²) in [5.41, 5.74) is -0.514. The van der Waals surface area contributed by atoms with Crippen LogP contribution in [0.1, 0.15) is 31.7 Å². The van der Waals surface area contributed by atoms with Crippen molar-refractivity contribution in [1.29, 1.82) is 0 Å². The number of benzene rings is 2. The Bertz CT molecular complexity index is 943. The number of anilines is 1. The monoisotopic (exact) mass is 445 g/mol. The number of nitrogens with zero attached hydrogens (tertiary/aromatic N) is 1. The molecular formula is C21H23ClF3NO2S. The van der Waals surface area contributed by atoms with Crippen molar-refractivity contribution < 1.29 is 21.6 Å². The summed E-state index contributed by atoms with van der Waals surface area (Å²) < 4.78 is 64.5. The Labute approximate surface area is 174 Å². The largest absolute Gasteiger partial charge is 0.418 e. The number of sulfone groups is 1. The van der Waals surface area contributed by atoms with Crippen LogP contribution in [0.4, 0.5) is 18.9 Å². The Morgan fingerprint density at radius 3 is 2.34 bits per heavy atom. The molecule has 3 nitrogen and oxygen atoms in total. The first-order chi connectivity index (χ1) is 13.7. The van der Waals surface area contributed by atoms with E-state index < -0.39 is 21.6 Å². The molecule has 0 aliphatic rings. The summed E-state index contributed by atoms with van der Waals surface area (Å²) in [5, 5.41) is 1.25. The molecule has 0 saturated heterocycles. The van der Waals surface area contributed by atoms with Crippen molar-refractivity contribution in [3.8, 4) is 0 Å². The van der Waals surface area contributed by atoms with E-state index in [1.54, 1.807) is 23.1 Å². The van der Waals surface area contributed by atoms with Crippen molar-refractivity contribution >= 4 is 27.1 Å². The first-order valence-corrected chi connectivity index (χ1v) is 11.2. The summed E-state index contributed by atoms with van der Waals surface area (Å²) >= 11 is 5.93. The molecule has 0 bridgehead atoms. The van der Waals surface area contributed by atoms with E-state index in [2.05, 4.69) is 0 Å². The molecule has 2 aromatic rings. The molecule has 0 atom stereocenters. The van der Waals surface area contributed by atoms with Gasteiger partial charge in [-0.3, -0.25) is 0 Å². The van der Waals surface area contributed by atoms with Crippen LogP contribution >= 0.6 is 11.6 Å². The zero-order chi connectivity index (χ0) is 21.5. The average molecular weight is 446 g/mol. The van der Waals surface area contributed by atoms with E-state index in [0.717, 1.165) is 11.5 Å². The van der Waals surface area contributed by atoms with Crippen LogP contribution in [0.3, 0.4) is 0 Å². The highest BCUT2D eigenvalue weighted by atomic mass is 35.5. The van der Waals surface area contributed by atoms with Gasteiger partial charge in [0.1, 0.15) is 0 Å². The summed E-state index contributed by atoms with van der Waals surface area (Å²) in [7, 11) is -3.65. The van der Waals surface area contributed by atoms with Gasteiger partial charge >= 0.3 is 6.18 Å². The van der Waals surface area contributed by atoms with Crippen molar-refractivity contribution in [3.05, 3.63) is 70.6 Å². The molecule has 8 heteroatoms. The number of allylic oxidation sites excluding steroid dienone is 1. The van der Waals surface area contributed by atoms with Crippen LogP contribution in [-0.4, -0.2) is 21.5 Å². The molecule has 0 aliphatic heterocycles. The maximum atomic E-state index is 13.3. The normalized spacial score (nSPS) is 12.4. The van der Waals surface area contributed by atoms with Gasteiger partial charge in [0.15, 0.2) is 0 Å². The molecule has 2 rings (SSSR count). The van der Waals surface area contributed by atoms with E-state index in [0.29, 0.717) is 32.4 Å². The first kappa shape index (κ1) is 23.3. The molecule has 29 heavy (non-hydrogen) atoms. The lowest BCUT2D eigenvalue weighted by Gasteiger charge is -2.27. The van der Waals surface area contributed by atoms with Gasteiger partial charge in [0.25, 0.3) is 0 Å². The minimum Gasteiger partial charge on any atom is -0.371 e. The fraction of sp³-hybridized carbons (Fsp3) is 0.333. The lowest BCUT2D eigenvalue weighted by Crippen LogP contribution is -2.27. The number of hydrogen-bond acceptors (Lipinski definition) is 3. The standard InChI is InChI=1S/C21H23ClF3NO2S/c1-2-14-26(19-12-6-4-10-17(19)21(23,24)25)15-8-3-9-16-29(27,28)20-13-7-5-11-18(20)22/h4-7,9-13,16H,2-3,8,14-15H2,1H3/b16-9+. The second kappa shape index (κ2) is 10.2. The van der Waals surface area contributed by atoms with E-state index in [-0.39, 0.29) is 15.6 Å². The van der Waals surface area contributed by atoms with Crippen molar-refractivity contribution in [2.75, 3.05) is 18.0 Å². The molecule has 0 aromatic heterocycles. The second-order valence-electron chi connectivity index (χ2n) is 6.49. The third-order valence-corrected chi connectivity index (χ3v) is 6.22. The van der Waals surface area contributed by atoms with Gasteiger partial charge < -0.3 is 4.90 Å². The van der Waals surface area contributed by atoms with Crippen LogP contribution in [0.2, 0.25) is 5.02 Å². The fourth-order valence-electron chi connectivity index (χ4n) is 2.96. The molecule has 0 amide bonds. The minimum atomic E-state index is -4.43. The molecule has 0 saturated carbocycles. The Morgan fingerprint density at radius 1 is 1.03 bits per heavy atom. The molecule has 2 aromatic carbocycles. The molecule has 158 valence electrons. The predicted molar refractivity (Wildman–Crippen MR) is 111 cm³/mol. The highest BCUT2D eigenvalue weighted by molar-refractivity contribution is 7.94. The summed E-state index contributed by atoms with van der Waals surface area (Å²) in [6.07, 6.45) is -1.29. The third kappa shape index (κ3) is 6.51. The number of unbranched alkanes of at least 4 members (excludes halogenated alkanes) is 1. The number of hydrogen-bond donors (Lipinski definition) is 0. The lowest BCUT2D eigenvalue weighted by molar-refractivity contribution is -0.137. The Morgan fingerprint density at radius 2 is 1.69 bits per heavy atom. The van der Waals surface area contributed by atoms with E-state index in [9.17, 15) is 21.6 Å². The lowest BCUT2D eigenvalue weighted by atomic mass is 10.1. The van der Waals surface area contributed by atoms with Crippen LogP contribution < -0.4 is 4.90 Å². The third-order valence-electron chi connectivity index (χ3n) is 4.26. The second-order valence-corrected chi connectivity index (χ2v) is 8.70. The molecular weight excluding hydrogens is 423 g/mol. The smallest absolute Gasteiger partial charge is 0.371 e. The number of rotatable bonds is 9. The van der Waals surface area contributed by atoms with Crippen LogP contribution in [0.5, 0.6) is 0 Å². The molecule has 0 fully saturated rings. The zero-order valence-electron chi connectivity index (χ0n) is 16.0. The first-order valence-electron chi connectivity index (χ1n) is 9.24. The SMILES string of the molecule is CCCN(CCC/C=C/S(=O)(=O)c1ccccc1Cl)c1ccccc1C(F)(F)F. The predicted octanol–water partition coefficient (Wildman–Crippen LogP) is 6.34. The summed E-state index contributed by atoms with van der Waals surface area (Å²) in [6, 6.07) is 11.7.